The first-order valence-electron chi connectivity index (χ1n) is 13.9. The Bertz CT molecular complexity index is 2410. The molecule has 0 unspecified atom stereocenters. The number of aromatic nitrogens is 4. The van der Waals surface area contributed by atoms with Gasteiger partial charge in [-0.15, -0.1) is 0 Å². The second kappa shape index (κ2) is 8.44. The van der Waals surface area contributed by atoms with Crippen molar-refractivity contribution in [2.24, 2.45) is 0 Å². The van der Waals surface area contributed by atoms with Crippen molar-refractivity contribution in [1.82, 2.24) is 18.7 Å². The lowest BCUT2D eigenvalue weighted by Crippen LogP contribution is -2.01. The number of fused-ring (bicyclic) bond motifs is 8. The van der Waals surface area contributed by atoms with Crippen LogP contribution in [0, 0.1) is 0 Å². The van der Waals surface area contributed by atoms with Crippen molar-refractivity contribution < 1.29 is 0 Å². The highest BCUT2D eigenvalue weighted by Gasteiger charge is 2.23. The molecule has 0 radical (unpaired) electrons. The summed E-state index contributed by atoms with van der Waals surface area (Å²) in [6.45, 7) is 0. The van der Waals surface area contributed by atoms with Crippen molar-refractivity contribution in [3.63, 3.8) is 0 Å². The average molecular weight is 525 g/mol. The third kappa shape index (κ3) is 3.07. The minimum atomic E-state index is 1.01. The van der Waals surface area contributed by atoms with E-state index in [1.54, 1.807) is 0 Å². The van der Waals surface area contributed by atoms with Crippen LogP contribution in [0.5, 0.6) is 0 Å². The molecule has 192 valence electrons. The van der Waals surface area contributed by atoms with E-state index in [4.69, 9.17) is 4.98 Å². The number of nitrogens with zero attached hydrogens (tertiary/aromatic N) is 4. The van der Waals surface area contributed by atoms with E-state index in [1.807, 2.05) is 12.3 Å². The van der Waals surface area contributed by atoms with Crippen LogP contribution in [0.3, 0.4) is 0 Å². The molecule has 0 bridgehead atoms. The molecule has 0 N–H and O–H groups in total. The molecule has 9 rings (SSSR count). The minimum absolute atomic E-state index is 1.01. The maximum Gasteiger partial charge on any atom is 0.133 e. The van der Waals surface area contributed by atoms with Crippen molar-refractivity contribution >= 4 is 54.8 Å². The van der Waals surface area contributed by atoms with E-state index in [1.165, 1.54) is 38.1 Å². The normalized spacial score (nSPS) is 11.9. The molecule has 4 nitrogen and oxygen atoms in total. The summed E-state index contributed by atoms with van der Waals surface area (Å²) in [6.07, 6.45) is 1.90. The molecule has 9 aromatic rings. The Balaban J connectivity index is 1.44. The third-order valence-corrected chi connectivity index (χ3v) is 8.27. The summed E-state index contributed by atoms with van der Waals surface area (Å²) in [4.78, 5) is 4.93. The Labute approximate surface area is 235 Å². The Morgan fingerprint density at radius 1 is 0.390 bits per heavy atom. The highest BCUT2D eigenvalue weighted by Crippen LogP contribution is 2.41. The van der Waals surface area contributed by atoms with Crippen LogP contribution in [0.25, 0.3) is 71.8 Å². The van der Waals surface area contributed by atoms with Gasteiger partial charge in [0.05, 0.1) is 33.0 Å². The Hall–Kier alpha value is -5.61. The fourth-order valence-electron chi connectivity index (χ4n) is 6.61. The fraction of sp³-hybridized carbons (Fsp3) is 0. The zero-order valence-corrected chi connectivity index (χ0v) is 22.1. The van der Waals surface area contributed by atoms with Gasteiger partial charge >= 0.3 is 0 Å². The van der Waals surface area contributed by atoms with E-state index < -0.39 is 0 Å². The quantitative estimate of drug-likeness (QED) is 0.226. The van der Waals surface area contributed by atoms with Crippen LogP contribution < -0.4 is 0 Å². The number of rotatable bonds is 3. The fourth-order valence-corrected chi connectivity index (χ4v) is 6.61. The molecule has 4 heterocycles. The monoisotopic (exact) mass is 524 g/mol. The van der Waals surface area contributed by atoms with Gasteiger partial charge in [0.1, 0.15) is 5.65 Å². The van der Waals surface area contributed by atoms with E-state index >= 15 is 0 Å². The SMILES string of the molecule is c1ccc(-n2c3ccccc3c3cc(-n4c5cccnc5c5c6ccccc6n(-c6ccccc6)c54)ccc32)cc1. The summed E-state index contributed by atoms with van der Waals surface area (Å²) in [6, 6.07) is 49.7. The van der Waals surface area contributed by atoms with Crippen molar-refractivity contribution in [2.45, 2.75) is 0 Å². The zero-order valence-electron chi connectivity index (χ0n) is 22.1. The summed E-state index contributed by atoms with van der Waals surface area (Å²) in [5.74, 6) is 0. The second-order valence-electron chi connectivity index (χ2n) is 10.5. The van der Waals surface area contributed by atoms with Gasteiger partial charge in [-0.2, -0.15) is 0 Å². The van der Waals surface area contributed by atoms with Crippen LogP contribution in [-0.4, -0.2) is 18.7 Å². The summed E-state index contributed by atoms with van der Waals surface area (Å²) in [7, 11) is 0. The van der Waals surface area contributed by atoms with E-state index in [2.05, 4.69) is 147 Å². The van der Waals surface area contributed by atoms with Gasteiger partial charge in [-0.25, -0.2) is 0 Å². The van der Waals surface area contributed by atoms with Gasteiger partial charge in [-0.3, -0.25) is 14.1 Å². The molecular formula is C37H24N4. The van der Waals surface area contributed by atoms with E-state index in [0.717, 1.165) is 33.7 Å². The lowest BCUT2D eigenvalue weighted by molar-refractivity contribution is 1.07. The van der Waals surface area contributed by atoms with E-state index in [-0.39, 0.29) is 0 Å². The predicted octanol–water partition coefficient (Wildman–Crippen LogP) is 9.22. The smallest absolute Gasteiger partial charge is 0.133 e. The van der Waals surface area contributed by atoms with Gasteiger partial charge < -0.3 is 4.57 Å². The molecule has 0 aliphatic carbocycles. The molecule has 4 heteroatoms. The Kier molecular flexibility index (Phi) is 4.58. The summed E-state index contributed by atoms with van der Waals surface area (Å²) >= 11 is 0. The first-order chi connectivity index (χ1) is 20.4. The Morgan fingerprint density at radius 2 is 0.951 bits per heavy atom. The van der Waals surface area contributed by atoms with E-state index in [9.17, 15) is 0 Å². The molecule has 0 atom stereocenters. The number of pyridine rings is 1. The van der Waals surface area contributed by atoms with Gasteiger partial charge in [0, 0.05) is 39.4 Å². The average Bonchev–Trinajstić information content (AvgIpc) is 3.67. The lowest BCUT2D eigenvalue weighted by atomic mass is 10.1. The van der Waals surface area contributed by atoms with Crippen molar-refractivity contribution in [3.8, 4) is 17.1 Å². The van der Waals surface area contributed by atoms with Gasteiger partial charge in [-0.05, 0) is 66.7 Å². The predicted molar refractivity (Wildman–Crippen MR) is 170 cm³/mol. The highest BCUT2D eigenvalue weighted by atomic mass is 15.1. The van der Waals surface area contributed by atoms with E-state index in [0.29, 0.717) is 0 Å². The zero-order chi connectivity index (χ0) is 26.9. The molecule has 41 heavy (non-hydrogen) atoms. The number of benzene rings is 5. The molecule has 0 spiro atoms. The maximum atomic E-state index is 4.93. The largest absolute Gasteiger partial charge is 0.309 e. The molecular weight excluding hydrogens is 500 g/mol. The van der Waals surface area contributed by atoms with Crippen LogP contribution >= 0.6 is 0 Å². The van der Waals surface area contributed by atoms with Gasteiger partial charge in [0.25, 0.3) is 0 Å². The van der Waals surface area contributed by atoms with Gasteiger partial charge in [0.15, 0.2) is 0 Å². The standard InChI is InChI=1S/C37H24N4/c1-3-12-25(13-4-1)39-31-18-9-7-16-28(31)30-24-27(21-22-33(30)39)41-34-20-11-23-38-36(34)35-29-17-8-10-19-32(29)40(37(35)41)26-14-5-2-6-15-26/h1-24H. The first kappa shape index (κ1) is 22.2. The number of hydrogen-bond donors (Lipinski definition) is 0. The summed E-state index contributed by atoms with van der Waals surface area (Å²) in [5.41, 5.74) is 10.2. The molecule has 4 aromatic heterocycles. The lowest BCUT2D eigenvalue weighted by Gasteiger charge is -2.13. The maximum absolute atomic E-state index is 4.93. The topological polar surface area (TPSA) is 27.7 Å². The van der Waals surface area contributed by atoms with Gasteiger partial charge in [-0.1, -0.05) is 72.8 Å². The van der Waals surface area contributed by atoms with Crippen molar-refractivity contribution in [1.29, 1.82) is 0 Å². The van der Waals surface area contributed by atoms with Crippen LogP contribution in [0.1, 0.15) is 0 Å². The highest BCUT2D eigenvalue weighted by molar-refractivity contribution is 6.21. The van der Waals surface area contributed by atoms with Crippen LogP contribution in [-0.2, 0) is 0 Å². The summed E-state index contributed by atoms with van der Waals surface area (Å²) in [5, 5.41) is 4.84. The molecule has 5 aromatic carbocycles. The number of para-hydroxylation sites is 4. The third-order valence-electron chi connectivity index (χ3n) is 8.27. The van der Waals surface area contributed by atoms with Crippen LogP contribution in [0.15, 0.2) is 146 Å². The second-order valence-corrected chi connectivity index (χ2v) is 10.5. The molecule has 0 amide bonds. The molecule has 0 aliphatic rings. The number of hydrogen-bond acceptors (Lipinski definition) is 1. The van der Waals surface area contributed by atoms with Crippen molar-refractivity contribution in [3.05, 3.63) is 146 Å². The molecule has 0 saturated carbocycles. The molecule has 0 saturated heterocycles. The van der Waals surface area contributed by atoms with Crippen LogP contribution in [0.4, 0.5) is 0 Å². The minimum Gasteiger partial charge on any atom is -0.309 e. The van der Waals surface area contributed by atoms with Crippen molar-refractivity contribution in [2.75, 3.05) is 0 Å². The van der Waals surface area contributed by atoms with Gasteiger partial charge in [0.2, 0.25) is 0 Å². The molecule has 0 fully saturated rings. The Morgan fingerprint density at radius 3 is 1.71 bits per heavy atom. The van der Waals surface area contributed by atoms with Crippen LogP contribution in [0.2, 0.25) is 0 Å². The molecule has 0 aliphatic heterocycles. The summed E-state index contributed by atoms with van der Waals surface area (Å²) < 4.78 is 7.13. The first-order valence-corrected chi connectivity index (χ1v) is 13.9.